The smallest absolute Gasteiger partial charge is 0.364 e. The molecule has 6 nitrogen and oxygen atoms in total. The first-order valence-corrected chi connectivity index (χ1v) is 4.64. The van der Waals surface area contributed by atoms with Crippen molar-refractivity contribution in [2.75, 3.05) is 0 Å². The van der Waals surface area contributed by atoms with Gasteiger partial charge in [-0.25, -0.2) is 4.79 Å². The summed E-state index contributed by atoms with van der Waals surface area (Å²) in [5.74, 6) is 0.271. The lowest BCUT2D eigenvalue weighted by molar-refractivity contribution is 0.371. The van der Waals surface area contributed by atoms with Crippen LogP contribution in [0.4, 0.5) is 0 Å². The molecule has 0 fully saturated rings. The number of aromatic nitrogens is 3. The zero-order chi connectivity index (χ0) is 10.8. The summed E-state index contributed by atoms with van der Waals surface area (Å²) in [5.41, 5.74) is 0.669. The van der Waals surface area contributed by atoms with Crippen molar-refractivity contribution < 1.29 is 9.05 Å². The molecule has 0 N–H and O–H groups in total. The lowest BCUT2D eigenvalue weighted by Crippen LogP contribution is -2.18. The molecule has 2 aromatic heterocycles. The molecule has 0 unspecified atom stereocenters. The standard InChI is InChI=1S/C9H11N3O3/c1-6(2)8-11-15-9(13)12(8)5-7-3-4-14-10-7/h3-4,6H,5H2,1-2H3. The van der Waals surface area contributed by atoms with E-state index in [4.69, 9.17) is 0 Å². The summed E-state index contributed by atoms with van der Waals surface area (Å²) in [7, 11) is 0. The molecule has 0 amide bonds. The van der Waals surface area contributed by atoms with E-state index in [-0.39, 0.29) is 5.92 Å². The summed E-state index contributed by atoms with van der Waals surface area (Å²) in [4.78, 5) is 11.3. The van der Waals surface area contributed by atoms with E-state index in [0.29, 0.717) is 18.1 Å². The van der Waals surface area contributed by atoms with Crippen LogP contribution in [0.15, 0.2) is 26.2 Å². The highest BCUT2D eigenvalue weighted by atomic mass is 16.5. The van der Waals surface area contributed by atoms with Crippen molar-refractivity contribution in [2.45, 2.75) is 26.3 Å². The minimum absolute atomic E-state index is 0.128. The van der Waals surface area contributed by atoms with E-state index in [9.17, 15) is 4.79 Å². The lowest BCUT2D eigenvalue weighted by atomic mass is 10.2. The van der Waals surface area contributed by atoms with E-state index in [1.165, 1.54) is 10.8 Å². The van der Waals surface area contributed by atoms with E-state index in [1.54, 1.807) is 6.07 Å². The third kappa shape index (κ3) is 1.83. The molecule has 0 saturated carbocycles. The van der Waals surface area contributed by atoms with Crippen molar-refractivity contribution in [3.63, 3.8) is 0 Å². The molecule has 0 aromatic carbocycles. The predicted octanol–water partition coefficient (Wildman–Crippen LogP) is 0.996. The zero-order valence-electron chi connectivity index (χ0n) is 8.51. The molecule has 0 bridgehead atoms. The van der Waals surface area contributed by atoms with Crippen molar-refractivity contribution in [1.29, 1.82) is 0 Å². The molecule has 0 saturated heterocycles. The number of hydrogen-bond acceptors (Lipinski definition) is 5. The SMILES string of the molecule is CC(C)c1noc(=O)n1Cc1ccon1. The Kier molecular flexibility index (Phi) is 2.40. The summed E-state index contributed by atoms with van der Waals surface area (Å²) in [6, 6.07) is 1.70. The van der Waals surface area contributed by atoms with Gasteiger partial charge in [0.05, 0.1) is 6.54 Å². The Hall–Kier alpha value is -1.85. The van der Waals surface area contributed by atoms with E-state index < -0.39 is 5.76 Å². The Labute approximate surface area is 85.5 Å². The first-order valence-electron chi connectivity index (χ1n) is 4.64. The molecule has 6 heteroatoms. The molecule has 2 aromatic rings. The first-order chi connectivity index (χ1) is 7.18. The summed E-state index contributed by atoms with van der Waals surface area (Å²) in [5, 5.41) is 7.44. The van der Waals surface area contributed by atoms with Gasteiger partial charge in [0, 0.05) is 12.0 Å². The van der Waals surface area contributed by atoms with Crippen molar-refractivity contribution in [2.24, 2.45) is 0 Å². The lowest BCUT2D eigenvalue weighted by Gasteiger charge is -2.03. The van der Waals surface area contributed by atoms with E-state index >= 15 is 0 Å². The van der Waals surface area contributed by atoms with Crippen molar-refractivity contribution >= 4 is 0 Å². The highest BCUT2D eigenvalue weighted by molar-refractivity contribution is 5.00. The summed E-state index contributed by atoms with van der Waals surface area (Å²) in [6.07, 6.45) is 1.46. The largest absolute Gasteiger partial charge is 0.441 e. The minimum Gasteiger partial charge on any atom is -0.364 e. The van der Waals surface area contributed by atoms with Gasteiger partial charge in [0.2, 0.25) is 0 Å². The average molecular weight is 209 g/mol. The quantitative estimate of drug-likeness (QED) is 0.753. The number of hydrogen-bond donors (Lipinski definition) is 0. The third-order valence-electron chi connectivity index (χ3n) is 2.04. The van der Waals surface area contributed by atoms with Gasteiger partial charge in [0.15, 0.2) is 5.82 Å². The molecule has 0 atom stereocenters. The van der Waals surface area contributed by atoms with Crippen LogP contribution in [0.1, 0.15) is 31.3 Å². The Bertz CT molecular complexity index is 481. The predicted molar refractivity (Wildman–Crippen MR) is 50.5 cm³/mol. The molecule has 80 valence electrons. The molecule has 0 radical (unpaired) electrons. The maximum absolute atomic E-state index is 11.3. The fourth-order valence-corrected chi connectivity index (χ4v) is 1.32. The molecule has 0 aliphatic heterocycles. The van der Waals surface area contributed by atoms with Gasteiger partial charge in [-0.2, -0.15) is 0 Å². The third-order valence-corrected chi connectivity index (χ3v) is 2.04. The second-order valence-corrected chi connectivity index (χ2v) is 3.54. The van der Waals surface area contributed by atoms with E-state index in [0.717, 1.165) is 0 Å². The topological polar surface area (TPSA) is 74.1 Å². The van der Waals surface area contributed by atoms with Gasteiger partial charge in [-0.15, -0.1) is 0 Å². The molecule has 2 rings (SSSR count). The van der Waals surface area contributed by atoms with Crippen LogP contribution in [0.3, 0.4) is 0 Å². The van der Waals surface area contributed by atoms with Gasteiger partial charge < -0.3 is 4.52 Å². The van der Waals surface area contributed by atoms with Gasteiger partial charge in [-0.1, -0.05) is 24.2 Å². The Morgan fingerprint density at radius 3 is 2.87 bits per heavy atom. The van der Waals surface area contributed by atoms with Crippen LogP contribution >= 0.6 is 0 Å². The average Bonchev–Trinajstić information content (AvgIpc) is 2.78. The molecule has 2 heterocycles. The van der Waals surface area contributed by atoms with Gasteiger partial charge in [-0.3, -0.25) is 9.09 Å². The van der Waals surface area contributed by atoms with Crippen LogP contribution in [0.5, 0.6) is 0 Å². The maximum atomic E-state index is 11.3. The minimum atomic E-state index is -0.471. The van der Waals surface area contributed by atoms with Crippen molar-refractivity contribution in [3.8, 4) is 0 Å². The van der Waals surface area contributed by atoms with E-state index in [2.05, 4.69) is 19.4 Å². The number of nitrogens with zero attached hydrogens (tertiary/aromatic N) is 3. The fourth-order valence-electron chi connectivity index (χ4n) is 1.32. The van der Waals surface area contributed by atoms with Gasteiger partial charge in [0.1, 0.15) is 12.0 Å². The molecule has 15 heavy (non-hydrogen) atoms. The summed E-state index contributed by atoms with van der Waals surface area (Å²) >= 11 is 0. The molecule has 0 aliphatic carbocycles. The van der Waals surface area contributed by atoms with E-state index in [1.807, 2.05) is 13.8 Å². The molecule has 0 aliphatic rings. The van der Waals surface area contributed by atoms with Crippen molar-refractivity contribution in [1.82, 2.24) is 14.9 Å². The van der Waals surface area contributed by atoms with Crippen LogP contribution in [0, 0.1) is 0 Å². The van der Waals surface area contributed by atoms with Crippen LogP contribution in [0.25, 0.3) is 0 Å². The fraction of sp³-hybridized carbons (Fsp3) is 0.444. The van der Waals surface area contributed by atoms with Crippen LogP contribution in [-0.4, -0.2) is 14.9 Å². The van der Waals surface area contributed by atoms with Crippen LogP contribution < -0.4 is 5.76 Å². The molecule has 0 spiro atoms. The zero-order valence-corrected chi connectivity index (χ0v) is 8.51. The van der Waals surface area contributed by atoms with Crippen LogP contribution in [0.2, 0.25) is 0 Å². The van der Waals surface area contributed by atoms with Crippen molar-refractivity contribution in [3.05, 3.63) is 34.4 Å². The Morgan fingerprint density at radius 2 is 2.27 bits per heavy atom. The van der Waals surface area contributed by atoms with Gasteiger partial charge in [-0.05, 0) is 0 Å². The number of rotatable bonds is 3. The highest BCUT2D eigenvalue weighted by Crippen LogP contribution is 2.10. The Morgan fingerprint density at radius 1 is 1.47 bits per heavy atom. The highest BCUT2D eigenvalue weighted by Gasteiger charge is 2.14. The second-order valence-electron chi connectivity index (χ2n) is 3.54. The maximum Gasteiger partial charge on any atom is 0.441 e. The first kappa shape index (κ1) is 9.70. The monoisotopic (exact) mass is 209 g/mol. The normalized spacial score (nSPS) is 11.1. The summed E-state index contributed by atoms with van der Waals surface area (Å²) < 4.78 is 10.7. The van der Waals surface area contributed by atoms with Crippen LogP contribution in [-0.2, 0) is 6.54 Å². The van der Waals surface area contributed by atoms with Gasteiger partial charge in [0.25, 0.3) is 0 Å². The second kappa shape index (κ2) is 3.72. The Balaban J connectivity index is 2.35. The molecular formula is C9H11N3O3. The van der Waals surface area contributed by atoms with Gasteiger partial charge >= 0.3 is 5.76 Å². The molecular weight excluding hydrogens is 198 g/mol. The summed E-state index contributed by atoms with van der Waals surface area (Å²) in [6.45, 7) is 4.21.